The monoisotopic (exact) mass is 418 g/mol. The maximum atomic E-state index is 13.7. The molecule has 2 aromatic heterocycles. The number of carbonyl (C=O) groups excluding carboxylic acids is 1. The molecule has 7 nitrogen and oxygen atoms in total. The zero-order valence-corrected chi connectivity index (χ0v) is 16.7. The lowest BCUT2D eigenvalue weighted by molar-refractivity contribution is -0.144. The van der Waals surface area contributed by atoms with Crippen LogP contribution in [0.5, 0.6) is 0 Å². The number of carbonyl (C=O) groups is 1. The Hall–Kier alpha value is -2.71. The molecular weight excluding hydrogens is 399 g/mol. The summed E-state index contributed by atoms with van der Waals surface area (Å²) in [5.74, 6) is -0.347. The van der Waals surface area contributed by atoms with Crippen molar-refractivity contribution in [3.63, 3.8) is 0 Å². The van der Waals surface area contributed by atoms with Crippen molar-refractivity contribution >= 4 is 23.0 Å². The summed E-state index contributed by atoms with van der Waals surface area (Å²) in [5, 5.41) is 14.9. The Morgan fingerprint density at radius 2 is 2.10 bits per heavy atom. The third kappa shape index (κ3) is 3.54. The minimum atomic E-state index is -1.38. The average Bonchev–Trinajstić information content (AvgIpc) is 3.02. The van der Waals surface area contributed by atoms with E-state index in [1.165, 1.54) is 27.2 Å². The van der Waals surface area contributed by atoms with E-state index in [-0.39, 0.29) is 31.1 Å². The van der Waals surface area contributed by atoms with Crippen molar-refractivity contribution in [3.8, 4) is 11.1 Å². The fourth-order valence-electron chi connectivity index (χ4n) is 3.61. The van der Waals surface area contributed by atoms with Crippen LogP contribution in [0.2, 0.25) is 5.02 Å². The Kier molecular flexibility index (Phi) is 4.71. The number of amides is 1. The zero-order chi connectivity index (χ0) is 20.9. The smallest absolute Gasteiger partial charge is 0.278 e. The Morgan fingerprint density at radius 1 is 1.38 bits per heavy atom. The van der Waals surface area contributed by atoms with Crippen LogP contribution in [0.25, 0.3) is 16.6 Å². The molecule has 1 aromatic carbocycles. The third-order valence-electron chi connectivity index (χ3n) is 5.04. The van der Waals surface area contributed by atoms with Gasteiger partial charge in [0.25, 0.3) is 5.56 Å². The van der Waals surface area contributed by atoms with Crippen LogP contribution in [0.1, 0.15) is 25.6 Å². The summed E-state index contributed by atoms with van der Waals surface area (Å²) in [6.45, 7) is 2.81. The number of hydrogen-bond acceptors (Lipinski definition) is 4. The molecule has 152 valence electrons. The van der Waals surface area contributed by atoms with E-state index in [9.17, 15) is 19.1 Å². The van der Waals surface area contributed by atoms with Gasteiger partial charge in [-0.15, -0.1) is 0 Å². The number of alkyl halides is 1. The number of aliphatic hydroxyl groups excluding tert-OH is 1. The number of hydrogen-bond donors (Lipinski definition) is 1. The summed E-state index contributed by atoms with van der Waals surface area (Å²) in [7, 11) is 0. The molecule has 1 fully saturated rings. The lowest BCUT2D eigenvalue weighted by Gasteiger charge is -2.42. The molecule has 29 heavy (non-hydrogen) atoms. The van der Waals surface area contributed by atoms with Gasteiger partial charge in [0, 0.05) is 10.6 Å². The van der Waals surface area contributed by atoms with Gasteiger partial charge >= 0.3 is 0 Å². The number of aliphatic hydroxyl groups is 1. The van der Waals surface area contributed by atoms with Crippen molar-refractivity contribution < 1.29 is 14.3 Å². The van der Waals surface area contributed by atoms with E-state index in [0.29, 0.717) is 21.8 Å². The predicted molar refractivity (Wildman–Crippen MR) is 107 cm³/mol. The number of aromatic nitrogens is 3. The van der Waals surface area contributed by atoms with E-state index >= 15 is 0 Å². The van der Waals surface area contributed by atoms with Gasteiger partial charge in [0.05, 0.1) is 24.9 Å². The van der Waals surface area contributed by atoms with E-state index in [1.807, 2.05) is 0 Å². The Bertz CT molecular complexity index is 1160. The molecule has 0 spiro atoms. The van der Waals surface area contributed by atoms with E-state index in [1.54, 1.807) is 37.3 Å². The quantitative estimate of drug-likeness (QED) is 0.705. The lowest BCUT2D eigenvalue weighted by atomic mass is 9.99. The molecule has 3 heterocycles. The van der Waals surface area contributed by atoms with E-state index in [4.69, 9.17) is 11.6 Å². The van der Waals surface area contributed by atoms with Gasteiger partial charge in [0.15, 0.2) is 0 Å². The van der Waals surface area contributed by atoms with Gasteiger partial charge in [-0.05, 0) is 37.6 Å². The second-order valence-electron chi connectivity index (χ2n) is 7.66. The number of nitrogens with zero attached hydrogens (tertiary/aromatic N) is 4. The predicted octanol–water partition coefficient (Wildman–Crippen LogP) is 2.44. The highest BCUT2D eigenvalue weighted by Crippen LogP contribution is 2.30. The highest BCUT2D eigenvalue weighted by atomic mass is 35.5. The highest BCUT2D eigenvalue weighted by Gasteiger charge is 2.41. The molecule has 0 radical (unpaired) electrons. The summed E-state index contributed by atoms with van der Waals surface area (Å²) >= 11 is 6.10. The van der Waals surface area contributed by atoms with E-state index in [2.05, 4.69) is 5.10 Å². The Labute approximate surface area is 170 Å². The molecular formula is C20H20ClFN4O3. The Morgan fingerprint density at radius 3 is 2.72 bits per heavy atom. The maximum absolute atomic E-state index is 13.7. The maximum Gasteiger partial charge on any atom is 0.278 e. The highest BCUT2D eigenvalue weighted by molar-refractivity contribution is 6.30. The average molecular weight is 419 g/mol. The SMILES string of the molecule is CC(O)c1cc(-c2cccc(Cl)c2)c2c(=O)n(CC(=O)N3CC(C)(F)C3)cnn12. The van der Waals surface area contributed by atoms with Crippen molar-refractivity contribution in [1.29, 1.82) is 0 Å². The van der Waals surface area contributed by atoms with Crippen LogP contribution >= 0.6 is 11.6 Å². The standard InChI is InChI=1S/C20H20ClFN4O3/c1-12(27)16-7-15(13-4-3-5-14(21)6-13)18-19(29)24(11-23-26(16)18)8-17(28)25-9-20(2,22)10-25/h3-7,11-12,27H,8-10H2,1-2H3. The molecule has 0 bridgehead atoms. The molecule has 4 rings (SSSR count). The Balaban J connectivity index is 1.79. The minimum Gasteiger partial charge on any atom is -0.387 e. The molecule has 1 aliphatic rings. The van der Waals surface area contributed by atoms with Gasteiger partial charge in [-0.2, -0.15) is 5.10 Å². The van der Waals surface area contributed by atoms with E-state index in [0.717, 1.165) is 0 Å². The van der Waals surface area contributed by atoms with Crippen molar-refractivity contribution in [1.82, 2.24) is 19.1 Å². The first kappa shape index (κ1) is 19.6. The van der Waals surface area contributed by atoms with E-state index < -0.39 is 17.3 Å². The minimum absolute atomic E-state index is 0.0152. The van der Waals surface area contributed by atoms with Gasteiger partial charge in [-0.3, -0.25) is 14.2 Å². The lowest BCUT2D eigenvalue weighted by Crippen LogP contribution is -2.60. The van der Waals surface area contributed by atoms with Crippen molar-refractivity contribution in [2.75, 3.05) is 13.1 Å². The summed E-state index contributed by atoms with van der Waals surface area (Å²) in [4.78, 5) is 26.9. The number of benzene rings is 1. The van der Waals surface area contributed by atoms with Gasteiger partial charge in [0.2, 0.25) is 5.91 Å². The normalized spacial score (nSPS) is 16.7. The third-order valence-corrected chi connectivity index (χ3v) is 5.27. The largest absolute Gasteiger partial charge is 0.387 e. The molecule has 1 saturated heterocycles. The summed E-state index contributed by atoms with van der Waals surface area (Å²) in [5.41, 5.74) is 0.123. The fraction of sp³-hybridized carbons (Fsp3) is 0.350. The van der Waals surface area contributed by atoms with Gasteiger partial charge in [-0.1, -0.05) is 23.7 Å². The molecule has 1 amide bonds. The number of rotatable bonds is 4. The number of fused-ring (bicyclic) bond motifs is 1. The van der Waals surface area contributed by atoms with Crippen LogP contribution in [0, 0.1) is 0 Å². The number of likely N-dealkylation sites (tertiary alicyclic amines) is 1. The fourth-order valence-corrected chi connectivity index (χ4v) is 3.80. The molecule has 0 saturated carbocycles. The van der Waals surface area contributed by atoms with Crippen LogP contribution < -0.4 is 5.56 Å². The van der Waals surface area contributed by atoms with Gasteiger partial charge < -0.3 is 10.0 Å². The van der Waals surface area contributed by atoms with Crippen molar-refractivity contribution in [2.45, 2.75) is 32.2 Å². The molecule has 3 aromatic rings. The molecule has 9 heteroatoms. The molecule has 1 aliphatic heterocycles. The van der Waals surface area contributed by atoms with Gasteiger partial charge in [-0.25, -0.2) is 8.91 Å². The molecule has 0 aliphatic carbocycles. The first-order valence-electron chi connectivity index (χ1n) is 9.18. The summed E-state index contributed by atoms with van der Waals surface area (Å²) in [6, 6.07) is 8.69. The zero-order valence-electron chi connectivity index (χ0n) is 16.0. The second-order valence-corrected chi connectivity index (χ2v) is 8.09. The number of halogens is 2. The first-order chi connectivity index (χ1) is 13.7. The first-order valence-corrected chi connectivity index (χ1v) is 9.56. The van der Waals surface area contributed by atoms with Gasteiger partial charge in [0.1, 0.15) is 24.1 Å². The van der Waals surface area contributed by atoms with Crippen LogP contribution in [-0.4, -0.2) is 48.9 Å². The summed E-state index contributed by atoms with van der Waals surface area (Å²) in [6.07, 6.45) is 0.401. The summed E-state index contributed by atoms with van der Waals surface area (Å²) < 4.78 is 16.3. The van der Waals surface area contributed by atoms with Crippen LogP contribution in [0.15, 0.2) is 41.5 Å². The molecule has 1 N–H and O–H groups in total. The second kappa shape index (κ2) is 6.96. The topological polar surface area (TPSA) is 79.8 Å². The van der Waals surface area contributed by atoms with Crippen molar-refractivity contribution in [2.24, 2.45) is 0 Å². The van der Waals surface area contributed by atoms with Crippen LogP contribution in [0.4, 0.5) is 4.39 Å². The molecule has 1 unspecified atom stereocenters. The van der Waals surface area contributed by atoms with Crippen molar-refractivity contribution in [3.05, 3.63) is 57.7 Å². The molecule has 1 atom stereocenters. The van der Waals surface area contributed by atoms with Crippen LogP contribution in [0.3, 0.4) is 0 Å². The van der Waals surface area contributed by atoms with Crippen LogP contribution in [-0.2, 0) is 11.3 Å².